The molecule has 0 bridgehead atoms. The molecule has 0 aliphatic carbocycles. The van der Waals surface area contributed by atoms with Crippen molar-refractivity contribution < 1.29 is 19.0 Å². The van der Waals surface area contributed by atoms with E-state index >= 15 is 0 Å². The highest BCUT2D eigenvalue weighted by molar-refractivity contribution is 7.20. The molecule has 40 heavy (non-hydrogen) atoms. The Hall–Kier alpha value is -3.95. The predicted molar refractivity (Wildman–Crippen MR) is 152 cm³/mol. The molecule has 6 rings (SSSR count). The van der Waals surface area contributed by atoms with Gasteiger partial charge in [0.15, 0.2) is 5.82 Å². The van der Waals surface area contributed by atoms with Crippen molar-refractivity contribution in [2.45, 2.75) is 18.6 Å². The Morgan fingerprint density at radius 2 is 2.08 bits per heavy atom. The van der Waals surface area contributed by atoms with Crippen LogP contribution in [0.25, 0.3) is 10.2 Å². The van der Waals surface area contributed by atoms with Gasteiger partial charge >= 0.3 is 6.09 Å². The summed E-state index contributed by atoms with van der Waals surface area (Å²) in [6, 6.07) is 12.7. The molecular weight excluding hydrogens is 552 g/mol. The third-order valence-corrected chi connectivity index (χ3v) is 7.70. The highest BCUT2D eigenvalue weighted by Gasteiger charge is 2.28. The average Bonchev–Trinajstić information content (AvgIpc) is 3.61. The highest BCUT2D eigenvalue weighted by Crippen LogP contribution is 2.34. The first-order valence-electron chi connectivity index (χ1n) is 12.8. The van der Waals surface area contributed by atoms with Crippen molar-refractivity contribution in [3.63, 3.8) is 0 Å². The molecule has 4 aromatic rings. The van der Waals surface area contributed by atoms with Gasteiger partial charge in [0.1, 0.15) is 18.2 Å². The summed E-state index contributed by atoms with van der Waals surface area (Å²) >= 11 is 7.97. The monoisotopic (exact) mass is 576 g/mol. The van der Waals surface area contributed by atoms with Gasteiger partial charge in [0.25, 0.3) is 0 Å². The van der Waals surface area contributed by atoms with E-state index in [0.29, 0.717) is 61.7 Å². The lowest BCUT2D eigenvalue weighted by atomic mass is 10.2. The number of benzene rings is 1. The zero-order valence-corrected chi connectivity index (χ0v) is 22.9. The molecule has 0 spiro atoms. The number of nitrogens with one attached hydrogen (secondary N) is 2. The Labute approximate surface area is 239 Å². The van der Waals surface area contributed by atoms with Crippen molar-refractivity contribution in [2.24, 2.45) is 0 Å². The number of carbonyl (C=O) groups is 1. The lowest BCUT2D eigenvalue weighted by molar-refractivity contribution is 0.0156. The first-order chi connectivity index (χ1) is 19.6. The molecule has 5 heterocycles. The van der Waals surface area contributed by atoms with Crippen molar-refractivity contribution >= 4 is 50.8 Å². The van der Waals surface area contributed by atoms with E-state index in [0.717, 1.165) is 20.8 Å². The second-order valence-corrected chi connectivity index (χ2v) is 10.6. The van der Waals surface area contributed by atoms with E-state index in [1.165, 1.54) is 17.7 Å². The number of aromatic nitrogens is 3. The van der Waals surface area contributed by atoms with E-state index < -0.39 is 0 Å². The molecule has 12 heteroatoms. The van der Waals surface area contributed by atoms with Gasteiger partial charge in [0.2, 0.25) is 5.88 Å². The van der Waals surface area contributed by atoms with Crippen LogP contribution in [0.2, 0.25) is 5.02 Å². The van der Waals surface area contributed by atoms with E-state index in [4.69, 9.17) is 25.8 Å². The molecule has 0 radical (unpaired) electrons. The maximum Gasteiger partial charge on any atom is 0.410 e. The number of hydrogen-bond donors (Lipinski definition) is 2. The second kappa shape index (κ2) is 12.1. The maximum atomic E-state index is 12.4. The summed E-state index contributed by atoms with van der Waals surface area (Å²) in [6.07, 6.45) is 3.32. The van der Waals surface area contributed by atoms with Crippen LogP contribution in [0.3, 0.4) is 0 Å². The Morgan fingerprint density at radius 3 is 2.90 bits per heavy atom. The number of rotatable bonds is 5. The van der Waals surface area contributed by atoms with E-state index in [9.17, 15) is 4.79 Å². The number of ether oxygens (including phenoxy) is 3. The number of anilines is 2. The van der Waals surface area contributed by atoms with Crippen LogP contribution in [0.1, 0.15) is 11.3 Å². The standard InChI is InChI=1S/C28H25ClN6O4S/c29-22-14-19(5-7-24(22)39-25-3-1-2-8-30-25)34-27-26-23(32-17-33-27)15-21(40-26)6-4-18-13-20(16-31-18)38-28(36)35-9-11-37-12-10-35/h1-3,5,7-8,14-15,17-18,20,31H,9-13,16H2,(H,32,33,34)/t18-,20-/m0/s1. The molecule has 1 aromatic carbocycles. The largest absolute Gasteiger partial charge is 0.445 e. The van der Waals surface area contributed by atoms with Gasteiger partial charge in [-0.3, -0.25) is 5.32 Å². The van der Waals surface area contributed by atoms with E-state index in [2.05, 4.69) is 37.4 Å². The van der Waals surface area contributed by atoms with E-state index in [1.54, 1.807) is 29.3 Å². The minimum atomic E-state index is -0.288. The number of amides is 1. The van der Waals surface area contributed by atoms with Crippen LogP contribution in [0.4, 0.5) is 16.3 Å². The molecule has 0 saturated carbocycles. The second-order valence-electron chi connectivity index (χ2n) is 9.16. The summed E-state index contributed by atoms with van der Waals surface area (Å²) in [5, 5.41) is 7.10. The zero-order valence-electron chi connectivity index (χ0n) is 21.3. The Bertz CT molecular complexity index is 1570. The number of hydrogen-bond acceptors (Lipinski definition) is 10. The van der Waals surface area contributed by atoms with Crippen molar-refractivity contribution in [3.8, 4) is 23.5 Å². The van der Waals surface area contributed by atoms with Crippen LogP contribution in [-0.2, 0) is 9.47 Å². The number of thiophene rings is 1. The minimum Gasteiger partial charge on any atom is -0.445 e. The summed E-state index contributed by atoms with van der Waals surface area (Å²) in [4.78, 5) is 27.9. The van der Waals surface area contributed by atoms with Crippen molar-refractivity contribution in [1.82, 2.24) is 25.2 Å². The van der Waals surface area contributed by atoms with Crippen LogP contribution in [0.5, 0.6) is 11.6 Å². The lowest BCUT2D eigenvalue weighted by Crippen LogP contribution is -2.42. The van der Waals surface area contributed by atoms with Crippen LogP contribution < -0.4 is 15.4 Å². The van der Waals surface area contributed by atoms with Gasteiger partial charge in [-0.05, 0) is 30.3 Å². The Balaban J connectivity index is 1.10. The molecule has 2 aliphatic heterocycles. The van der Waals surface area contributed by atoms with Gasteiger partial charge < -0.3 is 24.4 Å². The number of halogens is 1. The molecule has 204 valence electrons. The minimum absolute atomic E-state index is 0.0645. The molecule has 2 saturated heterocycles. The number of pyridine rings is 1. The summed E-state index contributed by atoms with van der Waals surface area (Å²) in [6.45, 7) is 2.80. The molecule has 2 fully saturated rings. The number of morpholine rings is 1. The number of fused-ring (bicyclic) bond motifs is 1. The third kappa shape index (κ3) is 6.26. The SMILES string of the molecule is O=C(O[C@@H]1CN[C@@H](C#Cc2cc3ncnc(Nc4ccc(Oc5ccccn5)c(Cl)c4)c3s2)C1)N1CCOCC1. The molecule has 3 aromatic heterocycles. The van der Waals surface area contributed by atoms with Crippen LogP contribution >= 0.6 is 22.9 Å². The normalized spacial score (nSPS) is 18.7. The van der Waals surface area contributed by atoms with Gasteiger partial charge in [-0.2, -0.15) is 0 Å². The number of nitrogens with zero attached hydrogens (tertiary/aromatic N) is 4. The predicted octanol–water partition coefficient (Wildman–Crippen LogP) is 4.83. The summed E-state index contributed by atoms with van der Waals surface area (Å²) in [5.74, 6) is 8.14. The highest BCUT2D eigenvalue weighted by atomic mass is 35.5. The molecule has 2 atom stereocenters. The molecule has 1 amide bonds. The summed E-state index contributed by atoms with van der Waals surface area (Å²) in [7, 11) is 0. The molecule has 0 unspecified atom stereocenters. The molecule has 2 aliphatic rings. The lowest BCUT2D eigenvalue weighted by Gasteiger charge is -2.27. The van der Waals surface area contributed by atoms with E-state index in [-0.39, 0.29) is 18.2 Å². The van der Waals surface area contributed by atoms with Gasteiger partial charge in [-0.1, -0.05) is 29.5 Å². The van der Waals surface area contributed by atoms with Crippen LogP contribution in [0, 0.1) is 11.8 Å². The average molecular weight is 577 g/mol. The smallest absolute Gasteiger partial charge is 0.410 e. The fourth-order valence-electron chi connectivity index (χ4n) is 4.35. The zero-order chi connectivity index (χ0) is 27.3. The van der Waals surface area contributed by atoms with Gasteiger partial charge in [-0.25, -0.2) is 19.7 Å². The van der Waals surface area contributed by atoms with Crippen LogP contribution in [-0.4, -0.2) is 70.9 Å². The topological polar surface area (TPSA) is 111 Å². The van der Waals surface area contributed by atoms with Gasteiger partial charge in [0, 0.05) is 44.0 Å². The molecular formula is C28H25ClN6O4S. The summed E-state index contributed by atoms with van der Waals surface area (Å²) < 4.78 is 17.6. The van der Waals surface area contributed by atoms with Crippen molar-refractivity contribution in [1.29, 1.82) is 0 Å². The fourth-order valence-corrected chi connectivity index (χ4v) is 5.48. The van der Waals surface area contributed by atoms with Crippen molar-refractivity contribution in [2.75, 3.05) is 38.2 Å². The molecule has 10 nitrogen and oxygen atoms in total. The Morgan fingerprint density at radius 1 is 1.18 bits per heavy atom. The third-order valence-electron chi connectivity index (χ3n) is 6.35. The quantitative estimate of drug-likeness (QED) is 0.323. The summed E-state index contributed by atoms with van der Waals surface area (Å²) in [5.41, 5.74) is 1.55. The van der Waals surface area contributed by atoms with Crippen LogP contribution in [0.15, 0.2) is 55.0 Å². The number of carbonyl (C=O) groups excluding carboxylic acids is 1. The first-order valence-corrected chi connectivity index (χ1v) is 14.0. The van der Waals surface area contributed by atoms with Gasteiger partial charge in [0.05, 0.1) is 39.4 Å². The van der Waals surface area contributed by atoms with E-state index in [1.807, 2.05) is 24.3 Å². The fraction of sp³-hybridized carbons (Fsp3) is 0.286. The van der Waals surface area contributed by atoms with Crippen molar-refractivity contribution in [3.05, 3.63) is 64.9 Å². The Kier molecular flexibility index (Phi) is 7.92. The first kappa shape index (κ1) is 26.3. The van der Waals surface area contributed by atoms with Gasteiger partial charge in [-0.15, -0.1) is 11.3 Å². The maximum absolute atomic E-state index is 12.4. The molecule has 2 N–H and O–H groups in total.